The zero-order valence-electron chi connectivity index (χ0n) is 16.8. The first-order valence-corrected chi connectivity index (χ1v) is 10.7. The highest BCUT2D eigenvalue weighted by molar-refractivity contribution is 7.98. The molecule has 0 bridgehead atoms. The third-order valence-corrected chi connectivity index (χ3v) is 6.34. The summed E-state index contributed by atoms with van der Waals surface area (Å²) in [5.41, 5.74) is 2.01. The number of fused-ring (bicyclic) bond motifs is 4. The first-order valence-electron chi connectivity index (χ1n) is 9.72. The van der Waals surface area contributed by atoms with Crippen LogP contribution in [0.15, 0.2) is 61.6 Å². The molecule has 0 fully saturated rings. The summed E-state index contributed by atoms with van der Waals surface area (Å²) in [6, 6.07) is 12.1. The van der Waals surface area contributed by atoms with Crippen LogP contribution < -0.4 is 11.2 Å². The second-order valence-corrected chi connectivity index (χ2v) is 8.15. The summed E-state index contributed by atoms with van der Waals surface area (Å²) in [6.07, 6.45) is 0.655. The van der Waals surface area contributed by atoms with Crippen LogP contribution in [0.2, 0.25) is 0 Å². The first kappa shape index (κ1) is 19.4. The molecule has 31 heavy (non-hydrogen) atoms. The zero-order valence-corrected chi connectivity index (χ0v) is 17.6. The molecule has 0 unspecified atom stereocenters. The predicted octanol–water partition coefficient (Wildman–Crippen LogP) is 3.25. The summed E-state index contributed by atoms with van der Waals surface area (Å²) >= 11 is 1.41. The highest BCUT2D eigenvalue weighted by Gasteiger charge is 2.16. The van der Waals surface area contributed by atoms with Gasteiger partial charge in [0.05, 0.1) is 10.9 Å². The summed E-state index contributed by atoms with van der Waals surface area (Å²) < 4.78 is 8.60. The largest absolute Gasteiger partial charge is 0.508 e. The molecule has 0 amide bonds. The monoisotopic (exact) mass is 434 g/mol. The summed E-state index contributed by atoms with van der Waals surface area (Å²) in [5, 5.41) is 20.6. The van der Waals surface area contributed by atoms with Gasteiger partial charge in [-0.3, -0.25) is 13.8 Å². The Balaban J connectivity index is 1.63. The van der Waals surface area contributed by atoms with Crippen LogP contribution in [-0.2, 0) is 19.2 Å². The number of aromatic nitrogens is 4. The Hall–Kier alpha value is -3.59. The van der Waals surface area contributed by atoms with Gasteiger partial charge in [0.25, 0.3) is 5.56 Å². The number of hydrogen-bond acceptors (Lipinski definition) is 7. The lowest BCUT2D eigenvalue weighted by Gasteiger charge is -2.09. The Morgan fingerprint density at radius 2 is 1.87 bits per heavy atom. The maximum atomic E-state index is 12.6. The van der Waals surface area contributed by atoms with Crippen molar-refractivity contribution in [3.8, 4) is 5.75 Å². The molecule has 1 N–H and O–H groups in total. The topological polar surface area (TPSA) is 103 Å². The van der Waals surface area contributed by atoms with Crippen molar-refractivity contribution < 1.29 is 9.52 Å². The first-order chi connectivity index (χ1) is 15.0. The zero-order chi connectivity index (χ0) is 21.7. The van der Waals surface area contributed by atoms with E-state index in [1.54, 1.807) is 13.1 Å². The minimum atomic E-state index is -0.481. The normalized spacial score (nSPS) is 11.7. The molecule has 0 saturated carbocycles. The molecular weight excluding hydrogens is 416 g/mol. The summed E-state index contributed by atoms with van der Waals surface area (Å²) in [4.78, 5) is 24.7. The molecule has 5 rings (SSSR count). The number of para-hydroxylation sites is 1. The Kier molecular flexibility index (Phi) is 4.55. The predicted molar refractivity (Wildman–Crippen MR) is 119 cm³/mol. The van der Waals surface area contributed by atoms with E-state index in [2.05, 4.69) is 10.2 Å². The average molecular weight is 434 g/mol. The van der Waals surface area contributed by atoms with E-state index in [0.717, 1.165) is 22.0 Å². The molecule has 0 aliphatic rings. The van der Waals surface area contributed by atoms with Crippen LogP contribution in [0.5, 0.6) is 5.75 Å². The lowest BCUT2D eigenvalue weighted by Crippen LogP contribution is -2.20. The minimum Gasteiger partial charge on any atom is -0.508 e. The standard InChI is InChI=1S/C22H18N4O4S/c1-3-12-8-15-13(9-19(28)30-18(15)10-17(12)27)11-31-22-24-23-21-25(2)20(29)14-6-4-5-7-16(14)26(21)22/h4-10,27H,3,11H2,1-2H3. The number of thioether (sulfide) groups is 1. The van der Waals surface area contributed by atoms with Gasteiger partial charge in [-0.15, -0.1) is 10.2 Å². The van der Waals surface area contributed by atoms with Gasteiger partial charge in [-0.25, -0.2) is 4.79 Å². The Labute approximate surface area is 179 Å². The molecule has 0 radical (unpaired) electrons. The van der Waals surface area contributed by atoms with Gasteiger partial charge in [-0.1, -0.05) is 30.8 Å². The molecular formula is C22H18N4O4S. The van der Waals surface area contributed by atoms with Crippen molar-refractivity contribution in [3.63, 3.8) is 0 Å². The summed E-state index contributed by atoms with van der Waals surface area (Å²) in [7, 11) is 1.67. The minimum absolute atomic E-state index is 0.110. The molecule has 0 spiro atoms. The van der Waals surface area contributed by atoms with E-state index in [-0.39, 0.29) is 11.3 Å². The number of rotatable bonds is 4. The Morgan fingerprint density at radius 1 is 1.06 bits per heavy atom. The fourth-order valence-electron chi connectivity index (χ4n) is 3.76. The lowest BCUT2D eigenvalue weighted by atomic mass is 10.1. The molecule has 8 nitrogen and oxygen atoms in total. The highest BCUT2D eigenvalue weighted by Crippen LogP contribution is 2.31. The van der Waals surface area contributed by atoms with E-state index in [0.29, 0.717) is 34.1 Å². The number of aromatic hydroxyl groups is 1. The van der Waals surface area contributed by atoms with E-state index in [9.17, 15) is 14.7 Å². The van der Waals surface area contributed by atoms with Gasteiger partial charge in [0, 0.05) is 30.3 Å². The Bertz CT molecular complexity index is 1600. The molecule has 0 atom stereocenters. The van der Waals surface area contributed by atoms with Crippen LogP contribution in [0.25, 0.3) is 27.6 Å². The SMILES string of the molecule is CCc1cc2c(CSc3nnc4n(C)c(=O)c5ccccc5n34)cc(=O)oc2cc1O. The second kappa shape index (κ2) is 7.28. The van der Waals surface area contributed by atoms with E-state index in [1.165, 1.54) is 28.5 Å². The van der Waals surface area contributed by atoms with Crippen molar-refractivity contribution in [2.45, 2.75) is 24.3 Å². The van der Waals surface area contributed by atoms with Crippen LogP contribution in [0, 0.1) is 0 Å². The molecule has 156 valence electrons. The van der Waals surface area contributed by atoms with E-state index >= 15 is 0 Å². The maximum absolute atomic E-state index is 12.6. The van der Waals surface area contributed by atoms with E-state index in [4.69, 9.17) is 4.42 Å². The number of phenolic OH excluding ortho intramolecular Hbond substituents is 1. The maximum Gasteiger partial charge on any atom is 0.336 e. The molecule has 9 heteroatoms. The molecule has 0 aliphatic heterocycles. The van der Waals surface area contributed by atoms with Crippen molar-refractivity contribution in [2.24, 2.45) is 7.05 Å². The fraction of sp³-hybridized carbons (Fsp3) is 0.182. The van der Waals surface area contributed by atoms with Crippen molar-refractivity contribution in [2.75, 3.05) is 0 Å². The number of aryl methyl sites for hydroxylation is 2. The molecule has 3 aromatic heterocycles. The quantitative estimate of drug-likeness (QED) is 0.342. The molecule has 0 saturated heterocycles. The molecule has 5 aromatic rings. The van der Waals surface area contributed by atoms with Crippen LogP contribution in [0.1, 0.15) is 18.1 Å². The van der Waals surface area contributed by atoms with Crippen LogP contribution in [0.4, 0.5) is 0 Å². The smallest absolute Gasteiger partial charge is 0.336 e. The van der Waals surface area contributed by atoms with Gasteiger partial charge in [-0.05, 0) is 35.7 Å². The van der Waals surface area contributed by atoms with Gasteiger partial charge >= 0.3 is 5.63 Å². The Morgan fingerprint density at radius 3 is 2.68 bits per heavy atom. The van der Waals surface area contributed by atoms with Crippen LogP contribution >= 0.6 is 11.8 Å². The highest BCUT2D eigenvalue weighted by atomic mass is 32.2. The van der Waals surface area contributed by atoms with Crippen LogP contribution in [0.3, 0.4) is 0 Å². The second-order valence-electron chi connectivity index (χ2n) is 7.21. The fourth-order valence-corrected chi connectivity index (χ4v) is 4.69. The van der Waals surface area contributed by atoms with E-state index < -0.39 is 5.63 Å². The third-order valence-electron chi connectivity index (χ3n) is 5.36. The molecule has 3 heterocycles. The number of phenols is 1. The van der Waals surface area contributed by atoms with Crippen molar-refractivity contribution in [3.05, 3.63) is 74.4 Å². The number of hydrogen-bond donors (Lipinski definition) is 1. The molecule has 2 aromatic carbocycles. The van der Waals surface area contributed by atoms with E-state index in [1.807, 2.05) is 35.6 Å². The van der Waals surface area contributed by atoms with Gasteiger partial charge < -0.3 is 9.52 Å². The lowest BCUT2D eigenvalue weighted by molar-refractivity contribution is 0.466. The van der Waals surface area contributed by atoms with Gasteiger partial charge in [0.1, 0.15) is 11.3 Å². The average Bonchev–Trinajstić information content (AvgIpc) is 3.19. The summed E-state index contributed by atoms with van der Waals surface area (Å²) in [5.74, 6) is 0.995. The number of nitrogens with zero attached hydrogens (tertiary/aromatic N) is 4. The van der Waals surface area contributed by atoms with Gasteiger partial charge in [-0.2, -0.15) is 0 Å². The number of benzene rings is 2. The van der Waals surface area contributed by atoms with Crippen molar-refractivity contribution >= 4 is 39.4 Å². The van der Waals surface area contributed by atoms with Gasteiger partial charge in [0.15, 0.2) is 5.16 Å². The molecule has 0 aliphatic carbocycles. The third kappa shape index (κ3) is 3.09. The summed E-state index contributed by atoms with van der Waals surface area (Å²) in [6.45, 7) is 1.95. The van der Waals surface area contributed by atoms with Crippen molar-refractivity contribution in [1.29, 1.82) is 0 Å². The van der Waals surface area contributed by atoms with Crippen LogP contribution in [-0.4, -0.2) is 24.3 Å². The van der Waals surface area contributed by atoms with Crippen molar-refractivity contribution in [1.82, 2.24) is 19.2 Å². The van der Waals surface area contributed by atoms with Gasteiger partial charge in [0.2, 0.25) is 5.78 Å².